The summed E-state index contributed by atoms with van der Waals surface area (Å²) in [6.45, 7) is 0. The van der Waals surface area contributed by atoms with Crippen molar-refractivity contribution in [1.29, 1.82) is 0 Å². The van der Waals surface area contributed by atoms with Crippen LogP contribution in [0.5, 0.6) is 34.5 Å². The molecule has 0 spiro atoms. The van der Waals surface area contributed by atoms with Gasteiger partial charge in [0.1, 0.15) is 28.6 Å². The van der Waals surface area contributed by atoms with Crippen LogP contribution in [-0.2, 0) is 4.74 Å². The van der Waals surface area contributed by atoms with Crippen molar-refractivity contribution >= 4 is 5.78 Å². The van der Waals surface area contributed by atoms with Crippen LogP contribution in [0.3, 0.4) is 0 Å². The maximum Gasteiger partial charge on any atom is 0.203 e. The molecule has 2 atom stereocenters. The predicted molar refractivity (Wildman–Crippen MR) is 89.5 cm³/mol. The topological polar surface area (TPSA) is 115 Å². The van der Waals surface area contributed by atoms with Crippen LogP contribution >= 0.6 is 0 Å². The van der Waals surface area contributed by atoms with Gasteiger partial charge in [0.05, 0.1) is 14.2 Å². The van der Waals surface area contributed by atoms with Crippen LogP contribution in [0.25, 0.3) is 0 Å². The molecule has 0 aromatic heterocycles. The first-order valence-electron chi connectivity index (χ1n) is 7.65. The number of benzene rings is 2. The minimum Gasteiger partial charge on any atom is -0.507 e. The van der Waals surface area contributed by atoms with Gasteiger partial charge in [0.15, 0.2) is 23.7 Å². The number of methoxy groups -OCH3 is 3. The van der Waals surface area contributed by atoms with Crippen molar-refractivity contribution in [2.45, 2.75) is 12.2 Å². The van der Waals surface area contributed by atoms with Gasteiger partial charge in [0.2, 0.25) is 5.78 Å². The number of rotatable bonds is 4. The molecule has 0 amide bonds. The fraction of sp³-hybridized carbons (Fsp3) is 0.278. The van der Waals surface area contributed by atoms with Crippen LogP contribution in [0.1, 0.15) is 22.0 Å². The monoisotopic (exact) mass is 362 g/mol. The second-order valence-corrected chi connectivity index (χ2v) is 5.66. The standard InChI is InChI=1S/C18H18O8/c1-23-8-4-12(21)15-14(5-8)26-17(18(25-3)16(15)22)9-6-11(20)13(24-2)7-10(9)19/h4-7,17-21H,1-3H3. The molecular weight excluding hydrogens is 344 g/mol. The van der Waals surface area contributed by atoms with Crippen molar-refractivity contribution in [3.05, 3.63) is 35.4 Å². The minimum atomic E-state index is -1.14. The summed E-state index contributed by atoms with van der Waals surface area (Å²) in [6.07, 6.45) is -2.19. The van der Waals surface area contributed by atoms with Crippen molar-refractivity contribution < 1.29 is 39.1 Å². The molecule has 0 aliphatic carbocycles. The van der Waals surface area contributed by atoms with Crippen LogP contribution < -0.4 is 14.2 Å². The summed E-state index contributed by atoms with van der Waals surface area (Å²) in [5.41, 5.74) is 0.0996. The van der Waals surface area contributed by atoms with Crippen molar-refractivity contribution in [2.75, 3.05) is 21.3 Å². The first kappa shape index (κ1) is 17.7. The smallest absolute Gasteiger partial charge is 0.203 e. The molecule has 0 saturated heterocycles. The first-order chi connectivity index (χ1) is 12.4. The quantitative estimate of drug-likeness (QED) is 0.709. The summed E-state index contributed by atoms with van der Waals surface area (Å²) in [5.74, 6) is -0.840. The zero-order chi connectivity index (χ0) is 19.0. The lowest BCUT2D eigenvalue weighted by molar-refractivity contribution is -0.00186. The molecule has 3 rings (SSSR count). The highest BCUT2D eigenvalue weighted by Gasteiger charge is 2.42. The van der Waals surface area contributed by atoms with E-state index in [1.165, 1.54) is 45.6 Å². The van der Waals surface area contributed by atoms with Gasteiger partial charge in [-0.05, 0) is 6.07 Å². The molecule has 138 valence electrons. The minimum absolute atomic E-state index is 0.0360. The number of hydrogen-bond donors (Lipinski definition) is 3. The maximum atomic E-state index is 12.8. The Labute approximate surface area is 149 Å². The van der Waals surface area contributed by atoms with Gasteiger partial charge in [0, 0.05) is 30.9 Å². The molecule has 2 aromatic rings. The summed E-state index contributed by atoms with van der Waals surface area (Å²) >= 11 is 0. The van der Waals surface area contributed by atoms with E-state index in [-0.39, 0.29) is 39.9 Å². The molecule has 26 heavy (non-hydrogen) atoms. The zero-order valence-corrected chi connectivity index (χ0v) is 14.3. The Bertz CT molecular complexity index is 861. The van der Waals surface area contributed by atoms with E-state index in [0.29, 0.717) is 5.75 Å². The highest BCUT2D eigenvalue weighted by atomic mass is 16.5. The number of aromatic hydroxyl groups is 3. The Morgan fingerprint density at radius 2 is 1.65 bits per heavy atom. The number of ether oxygens (including phenoxy) is 4. The van der Waals surface area contributed by atoms with Crippen molar-refractivity contribution in [3.8, 4) is 34.5 Å². The Morgan fingerprint density at radius 1 is 0.923 bits per heavy atom. The van der Waals surface area contributed by atoms with Crippen LogP contribution in [0.2, 0.25) is 0 Å². The van der Waals surface area contributed by atoms with E-state index in [0.717, 1.165) is 0 Å². The number of carbonyl (C=O) groups is 1. The molecule has 1 aliphatic heterocycles. The molecule has 1 heterocycles. The molecule has 0 bridgehead atoms. The van der Waals surface area contributed by atoms with Crippen LogP contribution in [0.4, 0.5) is 0 Å². The summed E-state index contributed by atoms with van der Waals surface area (Å²) < 4.78 is 21.1. The number of phenols is 3. The second-order valence-electron chi connectivity index (χ2n) is 5.66. The molecule has 3 N–H and O–H groups in total. The van der Waals surface area contributed by atoms with Crippen molar-refractivity contribution in [2.24, 2.45) is 0 Å². The summed E-state index contributed by atoms with van der Waals surface area (Å²) in [5, 5.41) is 30.4. The number of carbonyl (C=O) groups excluding carboxylic acids is 1. The normalized spacial score (nSPS) is 18.8. The molecule has 2 unspecified atom stereocenters. The van der Waals surface area contributed by atoms with Gasteiger partial charge in [-0.2, -0.15) is 0 Å². The van der Waals surface area contributed by atoms with E-state index < -0.39 is 18.0 Å². The van der Waals surface area contributed by atoms with Crippen LogP contribution in [0, 0.1) is 0 Å². The third-order valence-electron chi connectivity index (χ3n) is 4.21. The van der Waals surface area contributed by atoms with Gasteiger partial charge in [0.25, 0.3) is 0 Å². The molecular formula is C18H18O8. The highest BCUT2D eigenvalue weighted by molar-refractivity contribution is 6.05. The molecule has 2 aromatic carbocycles. The number of Topliss-reactive ketones (excluding diaryl/α,β-unsaturated/α-hetero) is 1. The molecule has 8 nitrogen and oxygen atoms in total. The largest absolute Gasteiger partial charge is 0.507 e. The summed E-state index contributed by atoms with van der Waals surface area (Å²) in [7, 11) is 4.07. The Hall–Kier alpha value is -3.13. The van der Waals surface area contributed by atoms with Gasteiger partial charge in [-0.25, -0.2) is 0 Å². The predicted octanol–water partition coefficient (Wildman–Crippen LogP) is 2.15. The maximum absolute atomic E-state index is 12.8. The van der Waals surface area contributed by atoms with Crippen molar-refractivity contribution in [3.63, 3.8) is 0 Å². The van der Waals surface area contributed by atoms with Crippen molar-refractivity contribution in [1.82, 2.24) is 0 Å². The average molecular weight is 362 g/mol. The van der Waals surface area contributed by atoms with Crippen LogP contribution in [-0.4, -0.2) is 48.5 Å². The molecule has 0 fully saturated rings. The number of ketones is 1. The number of fused-ring (bicyclic) bond motifs is 1. The van der Waals surface area contributed by atoms with E-state index in [1.807, 2.05) is 0 Å². The fourth-order valence-electron chi connectivity index (χ4n) is 2.94. The van der Waals surface area contributed by atoms with E-state index in [1.54, 1.807) is 0 Å². The van der Waals surface area contributed by atoms with Gasteiger partial charge >= 0.3 is 0 Å². The third-order valence-corrected chi connectivity index (χ3v) is 4.21. The fourth-order valence-corrected chi connectivity index (χ4v) is 2.94. The summed E-state index contributed by atoms with van der Waals surface area (Å²) in [4.78, 5) is 12.8. The van der Waals surface area contributed by atoms with Gasteiger partial charge in [-0.1, -0.05) is 0 Å². The first-order valence-corrected chi connectivity index (χ1v) is 7.65. The Balaban J connectivity index is 2.13. The SMILES string of the molecule is COc1cc(O)c2c(c1)OC(c1cc(O)c(OC)cc1O)C(OC)C2=O. The Kier molecular flexibility index (Phi) is 4.52. The second kappa shape index (κ2) is 6.64. The molecule has 1 aliphatic rings. The van der Waals surface area contributed by atoms with E-state index in [4.69, 9.17) is 18.9 Å². The lowest BCUT2D eigenvalue weighted by Gasteiger charge is -2.32. The zero-order valence-electron chi connectivity index (χ0n) is 14.3. The van der Waals surface area contributed by atoms with E-state index in [9.17, 15) is 20.1 Å². The highest BCUT2D eigenvalue weighted by Crippen LogP contribution is 2.46. The van der Waals surface area contributed by atoms with Gasteiger partial charge in [-0.3, -0.25) is 4.79 Å². The molecule has 0 saturated carbocycles. The number of hydrogen-bond acceptors (Lipinski definition) is 8. The van der Waals surface area contributed by atoms with E-state index in [2.05, 4.69) is 0 Å². The average Bonchev–Trinajstić information content (AvgIpc) is 2.62. The molecule has 0 radical (unpaired) electrons. The van der Waals surface area contributed by atoms with Gasteiger partial charge < -0.3 is 34.3 Å². The third kappa shape index (κ3) is 2.74. The Morgan fingerprint density at radius 3 is 2.27 bits per heavy atom. The molecule has 8 heteroatoms. The van der Waals surface area contributed by atoms with Crippen LogP contribution in [0.15, 0.2) is 24.3 Å². The number of phenolic OH excluding ortho intramolecular Hbond substituents is 3. The van der Waals surface area contributed by atoms with E-state index >= 15 is 0 Å². The lowest BCUT2D eigenvalue weighted by atomic mass is 9.92. The van der Waals surface area contributed by atoms with Gasteiger partial charge in [-0.15, -0.1) is 0 Å². The summed E-state index contributed by atoms with van der Waals surface area (Å²) in [6, 6.07) is 5.20. The lowest BCUT2D eigenvalue weighted by Crippen LogP contribution is -2.37.